The quantitative estimate of drug-likeness (QED) is 0.656. The SMILES string of the molecule is CC1(C)c2ccccc2CC(O)N1O. The largest absolute Gasteiger partial charge is 0.376 e. The summed E-state index contributed by atoms with van der Waals surface area (Å²) in [6.07, 6.45) is -0.323. The van der Waals surface area contributed by atoms with Crippen molar-refractivity contribution in [2.24, 2.45) is 0 Å². The van der Waals surface area contributed by atoms with E-state index in [2.05, 4.69) is 0 Å². The molecule has 0 saturated carbocycles. The van der Waals surface area contributed by atoms with Crippen molar-refractivity contribution < 1.29 is 10.3 Å². The molecule has 0 fully saturated rings. The molecular weight excluding hydrogens is 178 g/mol. The van der Waals surface area contributed by atoms with Gasteiger partial charge in [-0.15, -0.1) is 0 Å². The second kappa shape index (κ2) is 3.05. The third kappa shape index (κ3) is 1.25. The lowest BCUT2D eigenvalue weighted by atomic mass is 9.84. The van der Waals surface area contributed by atoms with Crippen LogP contribution in [-0.4, -0.2) is 21.6 Å². The van der Waals surface area contributed by atoms with Gasteiger partial charge in [-0.3, -0.25) is 0 Å². The Labute approximate surface area is 83.6 Å². The molecule has 0 aromatic heterocycles. The molecule has 1 atom stereocenters. The van der Waals surface area contributed by atoms with Gasteiger partial charge in [-0.25, -0.2) is 0 Å². The first-order chi connectivity index (χ1) is 6.53. The van der Waals surface area contributed by atoms with Gasteiger partial charge in [0.1, 0.15) is 6.23 Å². The van der Waals surface area contributed by atoms with Crippen LogP contribution in [0.3, 0.4) is 0 Å². The molecule has 1 aromatic rings. The van der Waals surface area contributed by atoms with Gasteiger partial charge >= 0.3 is 0 Å². The van der Waals surface area contributed by atoms with Crippen molar-refractivity contribution in [1.82, 2.24) is 5.06 Å². The van der Waals surface area contributed by atoms with Crippen LogP contribution in [0.15, 0.2) is 24.3 Å². The molecule has 1 heterocycles. The van der Waals surface area contributed by atoms with Crippen molar-refractivity contribution in [3.05, 3.63) is 35.4 Å². The smallest absolute Gasteiger partial charge is 0.134 e. The van der Waals surface area contributed by atoms with E-state index in [1.165, 1.54) is 0 Å². The lowest BCUT2D eigenvalue weighted by molar-refractivity contribution is -0.258. The van der Waals surface area contributed by atoms with Crippen LogP contribution < -0.4 is 0 Å². The summed E-state index contributed by atoms with van der Waals surface area (Å²) in [5, 5.41) is 20.4. The number of aliphatic hydroxyl groups is 1. The highest BCUT2D eigenvalue weighted by Crippen LogP contribution is 2.35. The van der Waals surface area contributed by atoms with E-state index in [1.54, 1.807) is 0 Å². The third-order valence-electron chi connectivity index (χ3n) is 2.93. The summed E-state index contributed by atoms with van der Waals surface area (Å²) in [5.41, 5.74) is 1.66. The van der Waals surface area contributed by atoms with Crippen molar-refractivity contribution >= 4 is 0 Å². The molecular formula is C11H15NO2. The zero-order valence-corrected chi connectivity index (χ0v) is 8.44. The van der Waals surface area contributed by atoms with E-state index < -0.39 is 11.8 Å². The standard InChI is InChI=1S/C11H15NO2/c1-11(2)9-6-4-3-5-8(9)7-10(13)12(11)14/h3-6,10,13-14H,7H2,1-2H3. The van der Waals surface area contributed by atoms with Gasteiger partial charge in [0.05, 0.1) is 5.54 Å². The highest BCUT2D eigenvalue weighted by atomic mass is 16.5. The van der Waals surface area contributed by atoms with Gasteiger partial charge in [-0.2, -0.15) is 5.06 Å². The fourth-order valence-electron chi connectivity index (χ4n) is 2.07. The highest BCUT2D eigenvalue weighted by molar-refractivity contribution is 5.35. The summed E-state index contributed by atoms with van der Waals surface area (Å²) in [5.74, 6) is 0. The number of hydrogen-bond donors (Lipinski definition) is 2. The number of rotatable bonds is 0. The minimum absolute atomic E-state index is 0.482. The van der Waals surface area contributed by atoms with Gasteiger partial charge in [0, 0.05) is 6.42 Å². The number of aliphatic hydroxyl groups excluding tert-OH is 1. The summed E-state index contributed by atoms with van der Waals surface area (Å²) < 4.78 is 0. The number of nitrogens with zero attached hydrogens (tertiary/aromatic N) is 1. The first kappa shape index (κ1) is 9.65. The van der Waals surface area contributed by atoms with Gasteiger partial charge in [-0.05, 0) is 25.0 Å². The Morgan fingerprint density at radius 3 is 2.71 bits per heavy atom. The topological polar surface area (TPSA) is 43.7 Å². The Balaban J connectivity index is 2.54. The van der Waals surface area contributed by atoms with Crippen LogP contribution in [0.5, 0.6) is 0 Å². The molecule has 2 rings (SSSR count). The van der Waals surface area contributed by atoms with Crippen LogP contribution in [-0.2, 0) is 12.0 Å². The molecule has 0 spiro atoms. The maximum Gasteiger partial charge on any atom is 0.134 e. The average molecular weight is 193 g/mol. The van der Waals surface area contributed by atoms with Crippen LogP contribution in [0, 0.1) is 0 Å². The minimum Gasteiger partial charge on any atom is -0.376 e. The fourth-order valence-corrected chi connectivity index (χ4v) is 2.07. The van der Waals surface area contributed by atoms with Crippen molar-refractivity contribution in [2.45, 2.75) is 32.0 Å². The molecule has 14 heavy (non-hydrogen) atoms. The first-order valence-corrected chi connectivity index (χ1v) is 4.78. The van der Waals surface area contributed by atoms with E-state index in [1.807, 2.05) is 38.1 Å². The number of hydrogen-bond acceptors (Lipinski definition) is 3. The van der Waals surface area contributed by atoms with E-state index >= 15 is 0 Å². The lowest BCUT2D eigenvalue weighted by Crippen LogP contribution is -2.50. The Morgan fingerprint density at radius 2 is 2.00 bits per heavy atom. The Morgan fingerprint density at radius 1 is 1.36 bits per heavy atom. The average Bonchev–Trinajstić information content (AvgIpc) is 2.15. The van der Waals surface area contributed by atoms with Crippen molar-refractivity contribution in [1.29, 1.82) is 0 Å². The van der Waals surface area contributed by atoms with E-state index in [0.29, 0.717) is 6.42 Å². The molecule has 0 bridgehead atoms. The molecule has 1 aromatic carbocycles. The van der Waals surface area contributed by atoms with E-state index in [0.717, 1.165) is 16.2 Å². The molecule has 2 N–H and O–H groups in total. The van der Waals surface area contributed by atoms with Crippen LogP contribution in [0.2, 0.25) is 0 Å². The Bertz CT molecular complexity index is 349. The zero-order chi connectivity index (χ0) is 10.3. The fraction of sp³-hybridized carbons (Fsp3) is 0.455. The second-order valence-corrected chi connectivity index (χ2v) is 4.25. The number of fused-ring (bicyclic) bond motifs is 1. The summed E-state index contributed by atoms with van der Waals surface area (Å²) >= 11 is 0. The van der Waals surface area contributed by atoms with Crippen LogP contribution in [0.4, 0.5) is 0 Å². The molecule has 1 aliphatic heterocycles. The van der Waals surface area contributed by atoms with E-state index in [9.17, 15) is 10.3 Å². The zero-order valence-electron chi connectivity index (χ0n) is 8.44. The number of benzene rings is 1. The van der Waals surface area contributed by atoms with Crippen LogP contribution in [0.25, 0.3) is 0 Å². The third-order valence-corrected chi connectivity index (χ3v) is 2.93. The normalized spacial score (nSPS) is 25.9. The van der Waals surface area contributed by atoms with Gasteiger partial charge in [0.2, 0.25) is 0 Å². The Kier molecular flexibility index (Phi) is 2.10. The lowest BCUT2D eigenvalue weighted by Gasteiger charge is -2.42. The van der Waals surface area contributed by atoms with Crippen molar-refractivity contribution in [3.8, 4) is 0 Å². The molecule has 3 nitrogen and oxygen atoms in total. The van der Waals surface area contributed by atoms with Gasteiger partial charge in [0.25, 0.3) is 0 Å². The summed E-state index contributed by atoms with van der Waals surface area (Å²) in [7, 11) is 0. The minimum atomic E-state index is -0.806. The maximum absolute atomic E-state index is 9.74. The molecule has 0 aliphatic carbocycles. The highest BCUT2D eigenvalue weighted by Gasteiger charge is 2.38. The predicted molar refractivity (Wildman–Crippen MR) is 52.8 cm³/mol. The van der Waals surface area contributed by atoms with E-state index in [-0.39, 0.29) is 0 Å². The van der Waals surface area contributed by atoms with Gasteiger partial charge < -0.3 is 10.3 Å². The molecule has 0 saturated heterocycles. The molecule has 3 heteroatoms. The monoisotopic (exact) mass is 193 g/mol. The summed E-state index contributed by atoms with van der Waals surface area (Å²) in [4.78, 5) is 0. The van der Waals surface area contributed by atoms with Crippen LogP contribution in [0.1, 0.15) is 25.0 Å². The van der Waals surface area contributed by atoms with Gasteiger partial charge in [0.15, 0.2) is 0 Å². The number of hydroxylamine groups is 2. The van der Waals surface area contributed by atoms with E-state index in [4.69, 9.17) is 0 Å². The van der Waals surface area contributed by atoms with Gasteiger partial charge in [-0.1, -0.05) is 24.3 Å². The first-order valence-electron chi connectivity index (χ1n) is 4.78. The second-order valence-electron chi connectivity index (χ2n) is 4.25. The molecule has 0 radical (unpaired) electrons. The van der Waals surface area contributed by atoms with Crippen molar-refractivity contribution in [3.63, 3.8) is 0 Å². The predicted octanol–water partition coefficient (Wildman–Crippen LogP) is 1.49. The van der Waals surface area contributed by atoms with Crippen LogP contribution >= 0.6 is 0 Å². The Hall–Kier alpha value is -0.900. The summed E-state index contributed by atoms with van der Waals surface area (Å²) in [6, 6.07) is 7.89. The van der Waals surface area contributed by atoms with Crippen molar-refractivity contribution in [2.75, 3.05) is 0 Å². The summed E-state index contributed by atoms with van der Waals surface area (Å²) in [6.45, 7) is 3.79. The molecule has 1 unspecified atom stereocenters. The molecule has 0 amide bonds. The maximum atomic E-state index is 9.74. The molecule has 1 aliphatic rings. The molecule has 76 valence electrons.